The molecular formula is C17H27N3O. The Balaban J connectivity index is 1.91. The first-order valence-electron chi connectivity index (χ1n) is 7.79. The van der Waals surface area contributed by atoms with Crippen LogP contribution in [0.15, 0.2) is 30.3 Å². The average Bonchev–Trinajstić information content (AvgIpc) is 2.48. The molecule has 0 saturated carbocycles. The van der Waals surface area contributed by atoms with E-state index in [-0.39, 0.29) is 5.91 Å². The number of hydrogen-bond donors (Lipinski definition) is 1. The summed E-state index contributed by atoms with van der Waals surface area (Å²) in [4.78, 5) is 16.4. The number of nitrogens with zero attached hydrogens (tertiary/aromatic N) is 2. The lowest BCUT2D eigenvalue weighted by molar-refractivity contribution is -0.134. The maximum atomic E-state index is 12.0. The molecule has 1 heterocycles. The molecule has 0 aliphatic carbocycles. The smallest absolute Gasteiger partial charge is 0.239 e. The van der Waals surface area contributed by atoms with Gasteiger partial charge in [0.2, 0.25) is 5.91 Å². The van der Waals surface area contributed by atoms with Crippen LogP contribution >= 0.6 is 0 Å². The van der Waals surface area contributed by atoms with E-state index in [1.807, 2.05) is 18.0 Å². The summed E-state index contributed by atoms with van der Waals surface area (Å²) in [5.74, 6) is 0.0451. The Bertz CT molecular complexity index is 460. The van der Waals surface area contributed by atoms with Crippen molar-refractivity contribution in [1.82, 2.24) is 9.80 Å². The van der Waals surface area contributed by atoms with E-state index in [9.17, 15) is 4.79 Å². The summed E-state index contributed by atoms with van der Waals surface area (Å²) < 4.78 is 0. The van der Waals surface area contributed by atoms with Crippen LogP contribution in [0, 0.1) is 0 Å². The van der Waals surface area contributed by atoms with Gasteiger partial charge in [-0.05, 0) is 32.3 Å². The van der Waals surface area contributed by atoms with E-state index >= 15 is 0 Å². The van der Waals surface area contributed by atoms with Crippen LogP contribution < -0.4 is 5.73 Å². The Hall–Kier alpha value is -1.39. The van der Waals surface area contributed by atoms with Crippen molar-refractivity contribution in [2.75, 3.05) is 13.6 Å². The zero-order valence-corrected chi connectivity index (χ0v) is 13.3. The Labute approximate surface area is 127 Å². The summed E-state index contributed by atoms with van der Waals surface area (Å²) in [6.45, 7) is 6.02. The first kappa shape index (κ1) is 16.0. The molecule has 1 saturated heterocycles. The number of piperidine rings is 1. The van der Waals surface area contributed by atoms with Gasteiger partial charge in [-0.2, -0.15) is 0 Å². The summed E-state index contributed by atoms with van der Waals surface area (Å²) in [6, 6.07) is 10.9. The topological polar surface area (TPSA) is 49.6 Å². The van der Waals surface area contributed by atoms with Crippen LogP contribution in [0.1, 0.15) is 32.3 Å². The minimum absolute atomic E-state index is 0.0451. The van der Waals surface area contributed by atoms with Crippen molar-refractivity contribution in [3.8, 4) is 0 Å². The van der Waals surface area contributed by atoms with Gasteiger partial charge >= 0.3 is 0 Å². The van der Waals surface area contributed by atoms with Gasteiger partial charge in [0.05, 0.1) is 6.04 Å². The minimum atomic E-state index is -0.410. The third-order valence-corrected chi connectivity index (χ3v) is 4.50. The largest absolute Gasteiger partial charge is 0.341 e. The number of amides is 1. The molecule has 1 aromatic rings. The molecule has 3 atom stereocenters. The molecule has 0 unspecified atom stereocenters. The van der Waals surface area contributed by atoms with Crippen LogP contribution in [-0.4, -0.2) is 47.4 Å². The minimum Gasteiger partial charge on any atom is -0.341 e. The van der Waals surface area contributed by atoms with Gasteiger partial charge in [0, 0.05) is 32.2 Å². The fourth-order valence-electron chi connectivity index (χ4n) is 3.10. The van der Waals surface area contributed by atoms with Crippen LogP contribution in [-0.2, 0) is 11.3 Å². The van der Waals surface area contributed by atoms with Crippen molar-refractivity contribution in [2.45, 2.75) is 51.4 Å². The molecule has 21 heavy (non-hydrogen) atoms. The van der Waals surface area contributed by atoms with Crippen molar-refractivity contribution in [2.24, 2.45) is 5.73 Å². The van der Waals surface area contributed by atoms with E-state index < -0.39 is 6.04 Å². The normalized spacial score (nSPS) is 24.6. The Kier molecular flexibility index (Phi) is 5.37. The van der Waals surface area contributed by atoms with Gasteiger partial charge in [0.25, 0.3) is 0 Å². The lowest BCUT2D eigenvalue weighted by Crippen LogP contribution is -2.52. The van der Waals surface area contributed by atoms with E-state index in [0.29, 0.717) is 12.1 Å². The van der Waals surface area contributed by atoms with Gasteiger partial charge in [-0.25, -0.2) is 0 Å². The molecule has 116 valence electrons. The number of carbonyl (C=O) groups is 1. The monoisotopic (exact) mass is 289 g/mol. The first-order valence-corrected chi connectivity index (χ1v) is 7.79. The summed E-state index contributed by atoms with van der Waals surface area (Å²) in [5.41, 5.74) is 7.06. The van der Waals surface area contributed by atoms with Gasteiger partial charge in [-0.3, -0.25) is 9.69 Å². The van der Waals surface area contributed by atoms with Gasteiger partial charge in [0.15, 0.2) is 0 Å². The molecule has 1 aliphatic heterocycles. The predicted octanol–water partition coefficient (Wildman–Crippen LogP) is 1.85. The Morgan fingerprint density at radius 1 is 1.43 bits per heavy atom. The van der Waals surface area contributed by atoms with Crippen molar-refractivity contribution in [3.05, 3.63) is 35.9 Å². The molecule has 2 N–H and O–H groups in total. The van der Waals surface area contributed by atoms with Crippen LogP contribution in [0.25, 0.3) is 0 Å². The number of hydrogen-bond acceptors (Lipinski definition) is 3. The number of benzene rings is 1. The molecule has 2 rings (SSSR count). The second kappa shape index (κ2) is 7.05. The summed E-state index contributed by atoms with van der Waals surface area (Å²) in [7, 11) is 1.88. The summed E-state index contributed by atoms with van der Waals surface area (Å²) in [6.07, 6.45) is 2.04. The quantitative estimate of drug-likeness (QED) is 0.920. The second-order valence-corrected chi connectivity index (χ2v) is 6.22. The predicted molar refractivity (Wildman–Crippen MR) is 85.8 cm³/mol. The molecule has 1 amide bonds. The third kappa shape index (κ3) is 4.05. The zero-order chi connectivity index (χ0) is 15.4. The molecule has 1 aliphatic rings. The van der Waals surface area contributed by atoms with Crippen LogP contribution in [0.5, 0.6) is 0 Å². The third-order valence-electron chi connectivity index (χ3n) is 4.50. The highest BCUT2D eigenvalue weighted by molar-refractivity contribution is 5.81. The van der Waals surface area contributed by atoms with E-state index in [4.69, 9.17) is 5.73 Å². The van der Waals surface area contributed by atoms with E-state index in [0.717, 1.165) is 25.9 Å². The van der Waals surface area contributed by atoms with Crippen LogP contribution in [0.2, 0.25) is 0 Å². The molecule has 4 heteroatoms. The Morgan fingerprint density at radius 2 is 2.10 bits per heavy atom. The highest BCUT2D eigenvalue weighted by Gasteiger charge is 2.30. The molecule has 0 radical (unpaired) electrons. The van der Waals surface area contributed by atoms with E-state index in [1.54, 1.807) is 6.92 Å². The number of likely N-dealkylation sites (N-methyl/N-ethyl adjacent to an activating group) is 1. The molecule has 1 fully saturated rings. The van der Waals surface area contributed by atoms with E-state index in [1.165, 1.54) is 5.56 Å². The van der Waals surface area contributed by atoms with E-state index in [2.05, 4.69) is 36.1 Å². The zero-order valence-electron chi connectivity index (χ0n) is 13.3. The Morgan fingerprint density at radius 3 is 2.67 bits per heavy atom. The fourth-order valence-corrected chi connectivity index (χ4v) is 3.10. The first-order chi connectivity index (χ1) is 9.99. The molecule has 0 spiro atoms. The molecule has 0 bridgehead atoms. The molecule has 0 aromatic heterocycles. The number of rotatable bonds is 4. The van der Waals surface area contributed by atoms with Gasteiger partial charge < -0.3 is 10.6 Å². The highest BCUT2D eigenvalue weighted by atomic mass is 16.2. The van der Waals surface area contributed by atoms with Crippen molar-refractivity contribution >= 4 is 5.91 Å². The standard InChI is InChI=1S/C17H27N3O/c1-13-11-16(19(3)17(21)14(2)18)9-10-20(13)12-15-7-5-4-6-8-15/h4-8,13-14,16H,9-12,18H2,1-3H3/t13-,14-,16-/m0/s1. The van der Waals surface area contributed by atoms with Crippen molar-refractivity contribution < 1.29 is 4.79 Å². The maximum absolute atomic E-state index is 12.0. The summed E-state index contributed by atoms with van der Waals surface area (Å²) in [5, 5.41) is 0. The van der Waals surface area contributed by atoms with Crippen molar-refractivity contribution in [3.63, 3.8) is 0 Å². The highest BCUT2D eigenvalue weighted by Crippen LogP contribution is 2.23. The van der Waals surface area contributed by atoms with Crippen molar-refractivity contribution in [1.29, 1.82) is 0 Å². The molecule has 1 aromatic carbocycles. The number of likely N-dealkylation sites (tertiary alicyclic amines) is 1. The number of carbonyl (C=O) groups excluding carboxylic acids is 1. The number of nitrogens with two attached hydrogens (primary N) is 1. The average molecular weight is 289 g/mol. The summed E-state index contributed by atoms with van der Waals surface area (Å²) >= 11 is 0. The lowest BCUT2D eigenvalue weighted by Gasteiger charge is -2.41. The van der Waals surface area contributed by atoms with Crippen LogP contribution in [0.4, 0.5) is 0 Å². The van der Waals surface area contributed by atoms with Gasteiger partial charge in [0.1, 0.15) is 0 Å². The van der Waals surface area contributed by atoms with Crippen LogP contribution in [0.3, 0.4) is 0 Å². The van der Waals surface area contributed by atoms with Gasteiger partial charge in [-0.1, -0.05) is 30.3 Å². The van der Waals surface area contributed by atoms with Gasteiger partial charge in [-0.15, -0.1) is 0 Å². The SMILES string of the molecule is C[C@H](N)C(=O)N(C)[C@H]1CCN(Cc2ccccc2)[C@@H](C)C1. The molecular weight excluding hydrogens is 262 g/mol. The maximum Gasteiger partial charge on any atom is 0.239 e. The fraction of sp³-hybridized carbons (Fsp3) is 0.588. The molecule has 4 nitrogen and oxygen atoms in total. The lowest BCUT2D eigenvalue weighted by atomic mass is 9.96. The second-order valence-electron chi connectivity index (χ2n) is 6.22.